The third-order valence-corrected chi connectivity index (χ3v) is 6.69. The molecular weight excluding hydrogens is 469 g/mol. The van der Waals surface area contributed by atoms with Gasteiger partial charge in [-0.1, -0.05) is 42.5 Å². The number of hydrogen-bond donors (Lipinski definition) is 1. The zero-order valence-corrected chi connectivity index (χ0v) is 20.3. The van der Waals surface area contributed by atoms with Crippen LogP contribution in [-0.4, -0.2) is 39.1 Å². The van der Waals surface area contributed by atoms with Crippen molar-refractivity contribution >= 4 is 11.7 Å². The Morgan fingerprint density at radius 2 is 1.62 bits per heavy atom. The largest absolute Gasteiger partial charge is 0.457 e. The maximum Gasteiger partial charge on any atom is 0.229 e. The van der Waals surface area contributed by atoms with Gasteiger partial charge in [0.2, 0.25) is 5.91 Å². The zero-order chi connectivity index (χ0) is 25.6. The van der Waals surface area contributed by atoms with Crippen LogP contribution in [0.1, 0.15) is 23.2 Å². The van der Waals surface area contributed by atoms with Crippen molar-refractivity contribution in [1.29, 1.82) is 0 Å². The number of H-pyrrole nitrogens is 1. The fourth-order valence-electron chi connectivity index (χ4n) is 4.88. The molecule has 0 saturated carbocycles. The number of rotatable bonds is 9. The van der Waals surface area contributed by atoms with Crippen molar-refractivity contribution in [3.63, 3.8) is 0 Å². The molecule has 1 fully saturated rings. The number of Topliss-reactive ketones (excluding diaryl/α,β-unsaturated/α-hetero) is 1. The van der Waals surface area contributed by atoms with Gasteiger partial charge in [0.1, 0.15) is 17.3 Å². The fraction of sp³-hybridized carbons (Fsp3) is 0.233. The highest BCUT2D eigenvalue weighted by molar-refractivity contribution is 5.91. The van der Waals surface area contributed by atoms with E-state index in [4.69, 9.17) is 4.74 Å². The summed E-state index contributed by atoms with van der Waals surface area (Å²) in [5.74, 6) is 0.988. The van der Waals surface area contributed by atoms with Crippen molar-refractivity contribution in [3.8, 4) is 11.5 Å². The van der Waals surface area contributed by atoms with Crippen LogP contribution in [0.2, 0.25) is 0 Å². The minimum absolute atomic E-state index is 0.0284. The molecule has 0 spiro atoms. The summed E-state index contributed by atoms with van der Waals surface area (Å²) in [6, 6.07) is 22.8. The van der Waals surface area contributed by atoms with E-state index in [-0.39, 0.29) is 36.3 Å². The number of likely N-dealkylation sites (tertiary alicyclic amines) is 1. The van der Waals surface area contributed by atoms with E-state index in [1.54, 1.807) is 41.7 Å². The molecule has 0 unspecified atom stereocenters. The van der Waals surface area contributed by atoms with Gasteiger partial charge in [-0.3, -0.25) is 9.59 Å². The molecule has 1 N–H and O–H groups in total. The molecule has 6 nitrogen and oxygen atoms in total. The van der Waals surface area contributed by atoms with Crippen molar-refractivity contribution < 1.29 is 18.7 Å². The molecule has 188 valence electrons. The van der Waals surface area contributed by atoms with Gasteiger partial charge in [-0.05, 0) is 66.3 Å². The molecule has 1 aromatic heterocycles. The van der Waals surface area contributed by atoms with E-state index in [2.05, 4.69) is 22.1 Å². The lowest BCUT2D eigenvalue weighted by Gasteiger charge is -2.23. The number of hydrogen-bond acceptors (Lipinski definition) is 4. The van der Waals surface area contributed by atoms with Crippen LogP contribution in [0.5, 0.6) is 11.5 Å². The van der Waals surface area contributed by atoms with E-state index in [0.29, 0.717) is 24.5 Å². The van der Waals surface area contributed by atoms with Crippen molar-refractivity contribution in [2.75, 3.05) is 6.54 Å². The predicted octanol–water partition coefficient (Wildman–Crippen LogP) is 5.16. The Kier molecular flexibility index (Phi) is 7.40. The first kappa shape index (κ1) is 24.4. The van der Waals surface area contributed by atoms with E-state index in [1.165, 1.54) is 17.7 Å². The lowest BCUT2D eigenvalue weighted by molar-refractivity contribution is -0.136. The van der Waals surface area contributed by atoms with Gasteiger partial charge in [0.25, 0.3) is 0 Å². The molecule has 0 aliphatic carbocycles. The topological polar surface area (TPSA) is 75.3 Å². The number of aromatic nitrogens is 2. The Balaban J connectivity index is 1.26. The molecule has 37 heavy (non-hydrogen) atoms. The molecule has 0 radical (unpaired) electrons. The third-order valence-electron chi connectivity index (χ3n) is 6.69. The molecule has 0 bridgehead atoms. The van der Waals surface area contributed by atoms with Gasteiger partial charge < -0.3 is 14.6 Å². The summed E-state index contributed by atoms with van der Waals surface area (Å²) in [6.07, 6.45) is 5.09. The second-order valence-corrected chi connectivity index (χ2v) is 9.45. The fourth-order valence-corrected chi connectivity index (χ4v) is 4.88. The summed E-state index contributed by atoms with van der Waals surface area (Å²) in [7, 11) is 0. The first-order valence-corrected chi connectivity index (χ1v) is 12.4. The third kappa shape index (κ3) is 6.30. The number of ketones is 1. The van der Waals surface area contributed by atoms with Gasteiger partial charge in [0, 0.05) is 24.9 Å². The number of halogens is 1. The van der Waals surface area contributed by atoms with Crippen molar-refractivity contribution in [2.24, 2.45) is 5.92 Å². The molecule has 3 aromatic carbocycles. The van der Waals surface area contributed by atoms with Gasteiger partial charge in [0.05, 0.1) is 18.8 Å². The highest BCUT2D eigenvalue weighted by Crippen LogP contribution is 2.29. The number of aromatic amines is 1. The van der Waals surface area contributed by atoms with Crippen LogP contribution in [0, 0.1) is 11.7 Å². The summed E-state index contributed by atoms with van der Waals surface area (Å²) in [6.45, 7) is 0.558. The Morgan fingerprint density at radius 1 is 0.919 bits per heavy atom. The highest BCUT2D eigenvalue weighted by atomic mass is 19.1. The number of ether oxygens (including phenoxy) is 1. The van der Waals surface area contributed by atoms with Crippen LogP contribution >= 0.6 is 0 Å². The molecule has 4 aromatic rings. The van der Waals surface area contributed by atoms with Crippen LogP contribution in [0.25, 0.3) is 0 Å². The van der Waals surface area contributed by atoms with Gasteiger partial charge in [0.15, 0.2) is 5.78 Å². The van der Waals surface area contributed by atoms with E-state index >= 15 is 0 Å². The lowest BCUT2D eigenvalue weighted by Crippen LogP contribution is -2.42. The van der Waals surface area contributed by atoms with Crippen LogP contribution in [0.4, 0.5) is 4.39 Å². The van der Waals surface area contributed by atoms with Gasteiger partial charge in [-0.2, -0.15) is 0 Å². The minimum atomic E-state index is -0.459. The molecule has 1 amide bonds. The standard InChI is InChI=1S/C30H28FN3O3/c31-24-8-12-27(13-9-24)37-26-10-6-22(7-11-26)16-29(35)28-15-23(14-21-4-2-1-3-5-21)19-34(28)30(36)17-25-18-32-20-33-25/h1-13,18,20,23,28H,14-17,19H2,(H,32,33)/t23-,28+/m1/s1. The Bertz CT molecular complexity index is 1320. The van der Waals surface area contributed by atoms with Crippen molar-refractivity contribution in [2.45, 2.75) is 31.7 Å². The monoisotopic (exact) mass is 497 g/mol. The Hall–Kier alpha value is -4.26. The molecular formula is C30H28FN3O3. The summed E-state index contributed by atoms with van der Waals surface area (Å²) in [5, 5.41) is 0. The minimum Gasteiger partial charge on any atom is -0.457 e. The number of carbonyl (C=O) groups excluding carboxylic acids is 2. The molecule has 5 rings (SSSR count). The smallest absolute Gasteiger partial charge is 0.229 e. The average molecular weight is 498 g/mol. The van der Waals surface area contributed by atoms with Crippen LogP contribution in [-0.2, 0) is 28.9 Å². The molecule has 2 atom stereocenters. The van der Waals surface area contributed by atoms with Crippen LogP contribution in [0.3, 0.4) is 0 Å². The Morgan fingerprint density at radius 3 is 2.30 bits per heavy atom. The van der Waals surface area contributed by atoms with E-state index in [9.17, 15) is 14.0 Å². The first-order chi connectivity index (χ1) is 18.0. The van der Waals surface area contributed by atoms with Crippen molar-refractivity contribution in [3.05, 3.63) is 114 Å². The van der Waals surface area contributed by atoms with E-state index < -0.39 is 6.04 Å². The van der Waals surface area contributed by atoms with Gasteiger partial charge in [-0.25, -0.2) is 9.37 Å². The number of benzene rings is 3. The second kappa shape index (κ2) is 11.2. The molecule has 2 heterocycles. The second-order valence-electron chi connectivity index (χ2n) is 9.45. The highest BCUT2D eigenvalue weighted by Gasteiger charge is 2.39. The summed E-state index contributed by atoms with van der Waals surface area (Å²) in [5.41, 5.74) is 2.79. The van der Waals surface area contributed by atoms with Crippen LogP contribution < -0.4 is 4.74 Å². The molecule has 1 saturated heterocycles. The average Bonchev–Trinajstić information content (AvgIpc) is 3.57. The molecule has 7 heteroatoms. The predicted molar refractivity (Wildman–Crippen MR) is 138 cm³/mol. The quantitative estimate of drug-likeness (QED) is 0.347. The Labute approximate surface area is 215 Å². The number of carbonyl (C=O) groups is 2. The van der Waals surface area contributed by atoms with E-state index in [1.807, 2.05) is 30.3 Å². The lowest BCUT2D eigenvalue weighted by atomic mass is 9.94. The number of nitrogens with zero attached hydrogens (tertiary/aromatic N) is 2. The maximum atomic E-state index is 13.5. The van der Waals surface area contributed by atoms with Gasteiger partial charge >= 0.3 is 0 Å². The molecule has 1 aliphatic heterocycles. The maximum absolute atomic E-state index is 13.5. The van der Waals surface area contributed by atoms with Crippen LogP contribution in [0.15, 0.2) is 91.4 Å². The number of imidazole rings is 1. The number of amides is 1. The van der Waals surface area contributed by atoms with E-state index in [0.717, 1.165) is 17.7 Å². The normalized spacial score (nSPS) is 17.1. The van der Waals surface area contributed by atoms with Crippen molar-refractivity contribution in [1.82, 2.24) is 14.9 Å². The zero-order valence-electron chi connectivity index (χ0n) is 20.3. The SMILES string of the molecule is O=C(Cc1ccc(Oc2ccc(F)cc2)cc1)[C@@H]1C[C@@H](Cc2ccccc2)CN1C(=O)Cc1cnc[nH]1. The first-order valence-electron chi connectivity index (χ1n) is 12.4. The molecule has 1 aliphatic rings. The number of nitrogens with one attached hydrogen (secondary N) is 1. The summed E-state index contributed by atoms with van der Waals surface area (Å²) < 4.78 is 18.9. The van der Waals surface area contributed by atoms with Gasteiger partial charge in [-0.15, -0.1) is 0 Å². The summed E-state index contributed by atoms with van der Waals surface area (Å²) in [4.78, 5) is 35.4. The summed E-state index contributed by atoms with van der Waals surface area (Å²) >= 11 is 0.